The van der Waals surface area contributed by atoms with Gasteiger partial charge in [-0.25, -0.2) is 8.78 Å². The monoisotopic (exact) mass is 278 g/mol. The van der Waals surface area contributed by atoms with Gasteiger partial charge in [-0.1, -0.05) is 12.1 Å². The van der Waals surface area contributed by atoms with Crippen LogP contribution < -0.4 is 10.2 Å². The average Bonchev–Trinajstić information content (AvgIpc) is 2.37. The van der Waals surface area contributed by atoms with Crippen LogP contribution in [0.3, 0.4) is 0 Å². The Morgan fingerprint density at radius 2 is 1.70 bits per heavy atom. The minimum Gasteiger partial charge on any atom is -0.489 e. The molecule has 2 aromatic carbocycles. The van der Waals surface area contributed by atoms with Gasteiger partial charge in [-0.05, 0) is 36.2 Å². The van der Waals surface area contributed by atoms with E-state index in [0.717, 1.165) is 17.7 Å². The molecule has 0 saturated carbocycles. The van der Waals surface area contributed by atoms with Crippen molar-refractivity contribution in [1.29, 1.82) is 0 Å². The van der Waals surface area contributed by atoms with Crippen molar-refractivity contribution in [3.63, 3.8) is 0 Å². The van der Waals surface area contributed by atoms with Gasteiger partial charge in [0.2, 0.25) is 0 Å². The van der Waals surface area contributed by atoms with Gasteiger partial charge in [0.1, 0.15) is 24.0 Å². The minimum atomic E-state index is -1.75. The highest BCUT2D eigenvalue weighted by molar-refractivity contribution is 6.59. The summed E-state index contributed by atoms with van der Waals surface area (Å²) in [6.07, 6.45) is 0. The molecule has 0 atom stereocenters. The quantitative estimate of drug-likeness (QED) is 0.834. The standard InChI is InChI=1S/C14H13BF2O3/c1-9-6-11(16)3-2-10(9)8-20-14-7-12(17)4-5-13(14)15(18)19/h2-7,18-19H,8H2,1H3. The first-order valence-electron chi connectivity index (χ1n) is 6.01. The van der Waals surface area contributed by atoms with Gasteiger partial charge in [-0.15, -0.1) is 0 Å². The molecule has 2 N–H and O–H groups in total. The second-order valence-corrected chi connectivity index (χ2v) is 4.42. The molecule has 0 spiro atoms. The molecule has 3 nitrogen and oxygen atoms in total. The minimum absolute atomic E-state index is 0.0451. The highest BCUT2D eigenvalue weighted by Crippen LogP contribution is 2.16. The summed E-state index contributed by atoms with van der Waals surface area (Å²) < 4.78 is 31.6. The fourth-order valence-corrected chi connectivity index (χ4v) is 1.82. The number of hydrogen-bond acceptors (Lipinski definition) is 3. The molecule has 2 aromatic rings. The van der Waals surface area contributed by atoms with Gasteiger partial charge in [-0.3, -0.25) is 0 Å². The number of ether oxygens (including phenoxy) is 1. The summed E-state index contributed by atoms with van der Waals surface area (Å²) in [5.74, 6) is -0.840. The predicted molar refractivity (Wildman–Crippen MR) is 71.7 cm³/mol. The first kappa shape index (κ1) is 14.5. The second kappa shape index (κ2) is 6.03. The van der Waals surface area contributed by atoms with Crippen molar-refractivity contribution in [2.45, 2.75) is 13.5 Å². The van der Waals surface area contributed by atoms with E-state index in [2.05, 4.69) is 0 Å². The van der Waals surface area contributed by atoms with Gasteiger partial charge in [0.05, 0.1) is 0 Å². The first-order chi connectivity index (χ1) is 9.47. The molecular formula is C14H13BF2O3. The van der Waals surface area contributed by atoms with Crippen LogP contribution in [-0.4, -0.2) is 17.2 Å². The van der Waals surface area contributed by atoms with E-state index in [0.29, 0.717) is 5.56 Å². The molecule has 0 aliphatic heterocycles. The van der Waals surface area contributed by atoms with Crippen LogP contribution in [0.1, 0.15) is 11.1 Å². The van der Waals surface area contributed by atoms with Crippen molar-refractivity contribution in [1.82, 2.24) is 0 Å². The topological polar surface area (TPSA) is 49.7 Å². The van der Waals surface area contributed by atoms with Gasteiger partial charge in [0, 0.05) is 11.5 Å². The van der Waals surface area contributed by atoms with Crippen molar-refractivity contribution in [2.24, 2.45) is 0 Å². The van der Waals surface area contributed by atoms with Gasteiger partial charge in [-0.2, -0.15) is 0 Å². The van der Waals surface area contributed by atoms with Crippen LogP contribution in [0.4, 0.5) is 8.78 Å². The van der Waals surface area contributed by atoms with E-state index in [1.807, 2.05) is 0 Å². The maximum Gasteiger partial charge on any atom is 0.492 e. The third kappa shape index (κ3) is 3.34. The fourth-order valence-electron chi connectivity index (χ4n) is 1.82. The predicted octanol–water partition coefficient (Wildman–Crippen LogP) is 1.53. The third-order valence-electron chi connectivity index (χ3n) is 2.94. The summed E-state index contributed by atoms with van der Waals surface area (Å²) in [7, 11) is -1.75. The van der Waals surface area contributed by atoms with Crippen molar-refractivity contribution in [3.8, 4) is 5.75 Å². The van der Waals surface area contributed by atoms with Gasteiger partial charge >= 0.3 is 7.12 Å². The Hall–Kier alpha value is -1.92. The summed E-state index contributed by atoms with van der Waals surface area (Å²) in [5.41, 5.74) is 1.51. The van der Waals surface area contributed by atoms with E-state index in [-0.39, 0.29) is 23.6 Å². The average molecular weight is 278 g/mol. The molecule has 0 aliphatic carbocycles. The van der Waals surface area contributed by atoms with Crippen molar-refractivity contribution in [3.05, 3.63) is 59.2 Å². The molecule has 20 heavy (non-hydrogen) atoms. The number of benzene rings is 2. The fraction of sp³-hybridized carbons (Fsp3) is 0.143. The molecule has 104 valence electrons. The normalized spacial score (nSPS) is 10.4. The number of hydrogen-bond donors (Lipinski definition) is 2. The first-order valence-corrected chi connectivity index (χ1v) is 6.01. The molecule has 0 aliphatic rings. The molecule has 0 aromatic heterocycles. The van der Waals surface area contributed by atoms with Gasteiger partial charge in [0.15, 0.2) is 0 Å². The smallest absolute Gasteiger partial charge is 0.489 e. The molecule has 0 fully saturated rings. The second-order valence-electron chi connectivity index (χ2n) is 4.42. The molecule has 0 unspecified atom stereocenters. The van der Waals surface area contributed by atoms with E-state index in [4.69, 9.17) is 4.74 Å². The number of rotatable bonds is 4. The van der Waals surface area contributed by atoms with Gasteiger partial charge < -0.3 is 14.8 Å². The Balaban J connectivity index is 2.20. The van der Waals surface area contributed by atoms with Crippen LogP contribution in [0.2, 0.25) is 0 Å². The summed E-state index contributed by atoms with van der Waals surface area (Å²) >= 11 is 0. The number of aryl methyl sites for hydroxylation is 1. The van der Waals surface area contributed by atoms with Crippen LogP contribution in [0, 0.1) is 18.6 Å². The zero-order chi connectivity index (χ0) is 14.7. The molecule has 0 saturated heterocycles. The van der Waals surface area contributed by atoms with Crippen LogP contribution >= 0.6 is 0 Å². The summed E-state index contributed by atoms with van der Waals surface area (Å²) in [6, 6.07) is 7.68. The molecule has 0 amide bonds. The lowest BCUT2D eigenvalue weighted by molar-refractivity contribution is 0.304. The van der Waals surface area contributed by atoms with Crippen LogP contribution in [-0.2, 0) is 6.61 Å². The molecule has 0 bridgehead atoms. The molecule has 0 radical (unpaired) electrons. The maximum absolute atomic E-state index is 13.2. The number of halogens is 2. The highest BCUT2D eigenvalue weighted by Gasteiger charge is 2.18. The Bertz CT molecular complexity index is 617. The van der Waals surface area contributed by atoms with Crippen molar-refractivity contribution < 1.29 is 23.6 Å². The van der Waals surface area contributed by atoms with E-state index in [9.17, 15) is 18.8 Å². The van der Waals surface area contributed by atoms with Crippen LogP contribution in [0.5, 0.6) is 5.75 Å². The molecular weight excluding hydrogens is 265 g/mol. The molecule has 2 rings (SSSR count). The summed E-state index contributed by atoms with van der Waals surface area (Å²) in [5, 5.41) is 18.4. The zero-order valence-corrected chi connectivity index (χ0v) is 10.8. The van der Waals surface area contributed by atoms with Gasteiger partial charge in [0.25, 0.3) is 0 Å². The lowest BCUT2D eigenvalue weighted by atomic mass is 9.79. The molecule has 0 heterocycles. The third-order valence-corrected chi connectivity index (χ3v) is 2.94. The van der Waals surface area contributed by atoms with Crippen molar-refractivity contribution >= 4 is 12.6 Å². The zero-order valence-electron chi connectivity index (χ0n) is 10.8. The van der Waals surface area contributed by atoms with E-state index >= 15 is 0 Å². The Labute approximate surface area is 115 Å². The van der Waals surface area contributed by atoms with Crippen molar-refractivity contribution in [2.75, 3.05) is 0 Å². The SMILES string of the molecule is Cc1cc(F)ccc1COc1cc(F)ccc1B(O)O. The van der Waals surface area contributed by atoms with Crippen LogP contribution in [0.15, 0.2) is 36.4 Å². The van der Waals surface area contributed by atoms with E-state index in [1.165, 1.54) is 18.2 Å². The van der Waals surface area contributed by atoms with E-state index in [1.54, 1.807) is 13.0 Å². The highest BCUT2D eigenvalue weighted by atomic mass is 19.1. The molecule has 6 heteroatoms. The lowest BCUT2D eigenvalue weighted by Gasteiger charge is -2.12. The maximum atomic E-state index is 13.2. The summed E-state index contributed by atoms with van der Waals surface area (Å²) in [4.78, 5) is 0. The van der Waals surface area contributed by atoms with E-state index < -0.39 is 12.9 Å². The Morgan fingerprint density at radius 3 is 2.35 bits per heavy atom. The largest absolute Gasteiger partial charge is 0.492 e. The Kier molecular flexibility index (Phi) is 4.37. The summed E-state index contributed by atoms with van der Waals surface area (Å²) in [6.45, 7) is 1.81. The lowest BCUT2D eigenvalue weighted by Crippen LogP contribution is -2.31. The Morgan fingerprint density at radius 1 is 1.05 bits per heavy atom. The van der Waals surface area contributed by atoms with Crippen LogP contribution in [0.25, 0.3) is 0 Å².